The third kappa shape index (κ3) is 4.67. The number of aromatic nitrogens is 2. The molecule has 0 saturated carbocycles. The van der Waals surface area contributed by atoms with Crippen LogP contribution in [0.25, 0.3) is 10.9 Å². The zero-order valence-corrected chi connectivity index (χ0v) is 19.1. The maximum atomic E-state index is 12.8. The molecule has 0 unspecified atom stereocenters. The lowest BCUT2D eigenvalue weighted by Crippen LogP contribution is -2.50. The van der Waals surface area contributed by atoms with Crippen molar-refractivity contribution in [2.24, 2.45) is 0 Å². The summed E-state index contributed by atoms with van der Waals surface area (Å²) < 4.78 is 5.80. The fraction of sp³-hybridized carbons (Fsp3) is 0.160. The minimum Gasteiger partial charge on any atom is -0.457 e. The molecule has 0 spiro atoms. The number of nitrogens with two attached hydrogens (primary N) is 1. The molecule has 1 aromatic heterocycles. The Morgan fingerprint density at radius 3 is 2.38 bits per heavy atom. The van der Waals surface area contributed by atoms with E-state index in [9.17, 15) is 4.79 Å². The first-order valence-corrected chi connectivity index (χ1v) is 11.3. The molecule has 2 heterocycles. The number of nitrogens with zero attached hydrogens (tertiary/aromatic N) is 4. The van der Waals surface area contributed by atoms with Crippen molar-refractivity contribution in [3.8, 4) is 11.5 Å². The van der Waals surface area contributed by atoms with Gasteiger partial charge in [-0.25, -0.2) is 14.8 Å². The summed E-state index contributed by atoms with van der Waals surface area (Å²) in [4.78, 5) is 25.5. The fourth-order valence-corrected chi connectivity index (χ4v) is 4.05. The van der Waals surface area contributed by atoms with Gasteiger partial charge in [-0.3, -0.25) is 0 Å². The average molecular weight is 475 g/mol. The third-order valence-electron chi connectivity index (χ3n) is 5.68. The van der Waals surface area contributed by atoms with Gasteiger partial charge in [0.2, 0.25) is 0 Å². The summed E-state index contributed by atoms with van der Waals surface area (Å²) in [6.45, 7) is 2.42. The highest BCUT2D eigenvalue weighted by atomic mass is 35.5. The Kier molecular flexibility index (Phi) is 6.05. The number of rotatable bonds is 4. The van der Waals surface area contributed by atoms with E-state index < -0.39 is 0 Å². The molecule has 3 aromatic carbocycles. The molecule has 0 bridgehead atoms. The van der Waals surface area contributed by atoms with Crippen LogP contribution in [0, 0.1) is 0 Å². The standard InChI is InChI=1S/C25H23ClN6O2/c26-21-15-23-20(14-22(21)27)24(29-16-28-23)31-10-12-32(13-11-31)25(33)30-17-6-8-19(9-7-17)34-18-4-2-1-3-5-18/h1-9,14-16H,10-13,27H2,(H,30,33). The number of carbonyl (C=O) groups excluding carboxylic acids is 1. The summed E-state index contributed by atoms with van der Waals surface area (Å²) >= 11 is 6.13. The molecule has 1 aliphatic rings. The van der Waals surface area contributed by atoms with Crippen LogP contribution in [-0.4, -0.2) is 47.1 Å². The Balaban J connectivity index is 1.20. The minimum absolute atomic E-state index is 0.139. The minimum atomic E-state index is -0.139. The van der Waals surface area contributed by atoms with Crippen LogP contribution in [0.15, 0.2) is 73.1 Å². The average Bonchev–Trinajstić information content (AvgIpc) is 2.86. The van der Waals surface area contributed by atoms with E-state index in [0.717, 1.165) is 22.5 Å². The molecule has 4 aromatic rings. The molecule has 2 amide bonds. The number of para-hydroxylation sites is 1. The maximum absolute atomic E-state index is 12.8. The van der Waals surface area contributed by atoms with Crippen LogP contribution in [0.5, 0.6) is 11.5 Å². The number of hydrogen-bond donors (Lipinski definition) is 2. The topological polar surface area (TPSA) is 96.6 Å². The molecule has 0 atom stereocenters. The molecular weight excluding hydrogens is 452 g/mol. The van der Waals surface area contributed by atoms with Crippen molar-refractivity contribution in [3.05, 3.63) is 78.1 Å². The number of amides is 2. The summed E-state index contributed by atoms with van der Waals surface area (Å²) in [5.74, 6) is 2.26. The van der Waals surface area contributed by atoms with Crippen molar-refractivity contribution < 1.29 is 9.53 Å². The number of benzene rings is 3. The van der Waals surface area contributed by atoms with E-state index in [4.69, 9.17) is 22.1 Å². The van der Waals surface area contributed by atoms with Crippen LogP contribution in [-0.2, 0) is 0 Å². The first-order valence-electron chi connectivity index (χ1n) is 10.9. The van der Waals surface area contributed by atoms with Gasteiger partial charge in [0.05, 0.1) is 16.2 Å². The van der Waals surface area contributed by atoms with Gasteiger partial charge in [-0.15, -0.1) is 0 Å². The van der Waals surface area contributed by atoms with Crippen molar-refractivity contribution in [1.82, 2.24) is 14.9 Å². The van der Waals surface area contributed by atoms with E-state index in [0.29, 0.717) is 48.3 Å². The Morgan fingerprint density at radius 1 is 0.941 bits per heavy atom. The molecule has 1 fully saturated rings. The zero-order valence-electron chi connectivity index (χ0n) is 18.3. The van der Waals surface area contributed by atoms with E-state index in [1.807, 2.05) is 54.6 Å². The zero-order chi connectivity index (χ0) is 23.5. The highest BCUT2D eigenvalue weighted by Gasteiger charge is 2.23. The summed E-state index contributed by atoms with van der Waals surface area (Å²) in [5.41, 5.74) is 7.93. The smallest absolute Gasteiger partial charge is 0.321 e. The molecule has 1 saturated heterocycles. The van der Waals surface area contributed by atoms with Gasteiger partial charge in [0.15, 0.2) is 0 Å². The molecular formula is C25H23ClN6O2. The first-order chi connectivity index (χ1) is 16.6. The summed E-state index contributed by atoms with van der Waals surface area (Å²) in [6.07, 6.45) is 1.52. The molecule has 0 radical (unpaired) electrons. The predicted molar refractivity (Wildman–Crippen MR) is 135 cm³/mol. The van der Waals surface area contributed by atoms with E-state index >= 15 is 0 Å². The van der Waals surface area contributed by atoms with Crippen molar-refractivity contribution in [1.29, 1.82) is 0 Å². The summed E-state index contributed by atoms with van der Waals surface area (Å²) in [5, 5.41) is 4.27. The number of anilines is 3. The van der Waals surface area contributed by atoms with Crippen LogP contribution in [0.3, 0.4) is 0 Å². The number of fused-ring (bicyclic) bond motifs is 1. The lowest BCUT2D eigenvalue weighted by molar-refractivity contribution is 0.208. The largest absolute Gasteiger partial charge is 0.457 e. The Bertz CT molecular complexity index is 1310. The second kappa shape index (κ2) is 9.44. The van der Waals surface area contributed by atoms with Crippen LogP contribution in [0.4, 0.5) is 22.0 Å². The van der Waals surface area contributed by atoms with Gasteiger partial charge in [-0.05, 0) is 48.5 Å². The SMILES string of the molecule is Nc1cc2c(N3CCN(C(=O)Nc4ccc(Oc5ccccc5)cc4)CC3)ncnc2cc1Cl. The van der Waals surface area contributed by atoms with E-state index in [2.05, 4.69) is 20.2 Å². The quantitative estimate of drug-likeness (QED) is 0.403. The summed E-state index contributed by atoms with van der Waals surface area (Å²) in [6, 6.07) is 20.3. The fourth-order valence-electron chi connectivity index (χ4n) is 3.89. The molecule has 3 N–H and O–H groups in total. The van der Waals surface area contributed by atoms with Gasteiger partial charge >= 0.3 is 6.03 Å². The number of hydrogen-bond acceptors (Lipinski definition) is 6. The molecule has 1 aliphatic heterocycles. The number of ether oxygens (including phenoxy) is 1. The third-order valence-corrected chi connectivity index (χ3v) is 6.01. The van der Waals surface area contributed by atoms with E-state index in [1.54, 1.807) is 17.0 Å². The van der Waals surface area contributed by atoms with Crippen LogP contribution in [0.2, 0.25) is 5.02 Å². The Hall–Kier alpha value is -4.04. The highest BCUT2D eigenvalue weighted by Crippen LogP contribution is 2.30. The van der Waals surface area contributed by atoms with E-state index in [1.165, 1.54) is 6.33 Å². The number of nitrogen functional groups attached to an aromatic ring is 1. The maximum Gasteiger partial charge on any atom is 0.321 e. The lowest BCUT2D eigenvalue weighted by Gasteiger charge is -2.35. The van der Waals surface area contributed by atoms with Gasteiger partial charge in [0.1, 0.15) is 23.6 Å². The molecule has 9 heteroatoms. The number of halogens is 1. The number of carbonyl (C=O) groups is 1. The molecule has 172 valence electrons. The van der Waals surface area contributed by atoms with Crippen LogP contribution in [0.1, 0.15) is 0 Å². The van der Waals surface area contributed by atoms with Crippen LogP contribution >= 0.6 is 11.6 Å². The Morgan fingerprint density at radius 2 is 1.65 bits per heavy atom. The number of piperazine rings is 1. The van der Waals surface area contributed by atoms with Crippen molar-refractivity contribution >= 4 is 45.7 Å². The molecule has 0 aliphatic carbocycles. The van der Waals surface area contributed by atoms with Gasteiger partial charge in [-0.2, -0.15) is 0 Å². The Labute approximate surface area is 201 Å². The molecule has 5 rings (SSSR count). The molecule has 34 heavy (non-hydrogen) atoms. The predicted octanol–water partition coefficient (Wildman–Crippen LogP) is 5.01. The van der Waals surface area contributed by atoms with Gasteiger partial charge in [-0.1, -0.05) is 29.8 Å². The second-order valence-corrected chi connectivity index (χ2v) is 8.34. The van der Waals surface area contributed by atoms with Gasteiger partial charge in [0, 0.05) is 37.3 Å². The second-order valence-electron chi connectivity index (χ2n) is 7.93. The van der Waals surface area contributed by atoms with E-state index in [-0.39, 0.29) is 6.03 Å². The van der Waals surface area contributed by atoms with Gasteiger partial charge in [0.25, 0.3) is 0 Å². The summed E-state index contributed by atoms with van der Waals surface area (Å²) in [7, 11) is 0. The first kappa shape index (κ1) is 21.8. The van der Waals surface area contributed by atoms with Crippen molar-refractivity contribution in [3.63, 3.8) is 0 Å². The van der Waals surface area contributed by atoms with Crippen molar-refractivity contribution in [2.75, 3.05) is 42.1 Å². The highest BCUT2D eigenvalue weighted by molar-refractivity contribution is 6.34. The number of urea groups is 1. The molecule has 8 nitrogen and oxygen atoms in total. The van der Waals surface area contributed by atoms with Crippen LogP contribution < -0.4 is 20.7 Å². The van der Waals surface area contributed by atoms with Crippen molar-refractivity contribution in [2.45, 2.75) is 0 Å². The van der Waals surface area contributed by atoms with Gasteiger partial charge < -0.3 is 25.6 Å². The number of nitrogens with one attached hydrogen (secondary N) is 1. The lowest BCUT2D eigenvalue weighted by atomic mass is 10.2. The monoisotopic (exact) mass is 474 g/mol. The normalized spacial score (nSPS) is 13.7.